The highest BCUT2D eigenvalue weighted by atomic mass is 16.5. The van der Waals surface area contributed by atoms with Crippen LogP contribution in [0.4, 0.5) is 5.69 Å². The molecule has 2 aliphatic heterocycles. The molecular weight excluding hydrogens is 350 g/mol. The van der Waals surface area contributed by atoms with Crippen molar-refractivity contribution in [1.29, 1.82) is 0 Å². The molecule has 28 heavy (non-hydrogen) atoms. The Bertz CT molecular complexity index is 627. The van der Waals surface area contributed by atoms with Gasteiger partial charge in [0.1, 0.15) is 5.75 Å². The maximum absolute atomic E-state index is 5.37. The zero-order chi connectivity index (χ0) is 19.8. The maximum Gasteiger partial charge on any atom is 0.194 e. The van der Waals surface area contributed by atoms with Gasteiger partial charge in [0.05, 0.1) is 7.11 Å². The van der Waals surface area contributed by atoms with Gasteiger partial charge in [0.2, 0.25) is 0 Å². The van der Waals surface area contributed by atoms with Gasteiger partial charge in [0.25, 0.3) is 0 Å². The molecule has 0 spiro atoms. The highest BCUT2D eigenvalue weighted by Gasteiger charge is 2.23. The molecule has 6 nitrogen and oxygen atoms in total. The van der Waals surface area contributed by atoms with Gasteiger partial charge in [-0.1, -0.05) is 13.0 Å². The number of rotatable bonds is 7. The molecule has 1 aromatic carbocycles. The summed E-state index contributed by atoms with van der Waals surface area (Å²) in [6, 6.07) is 8.35. The van der Waals surface area contributed by atoms with Gasteiger partial charge < -0.3 is 24.8 Å². The first-order valence-electron chi connectivity index (χ1n) is 10.9. The van der Waals surface area contributed by atoms with E-state index in [0.29, 0.717) is 5.92 Å². The lowest BCUT2D eigenvalue weighted by molar-refractivity contribution is 0.325. The van der Waals surface area contributed by atoms with Crippen molar-refractivity contribution in [2.45, 2.75) is 26.7 Å². The van der Waals surface area contributed by atoms with E-state index in [1.54, 1.807) is 7.11 Å². The van der Waals surface area contributed by atoms with Crippen LogP contribution < -0.4 is 15.0 Å². The van der Waals surface area contributed by atoms with Gasteiger partial charge >= 0.3 is 0 Å². The van der Waals surface area contributed by atoms with Crippen molar-refractivity contribution < 1.29 is 4.74 Å². The number of guanidine groups is 1. The quantitative estimate of drug-likeness (QED) is 0.575. The zero-order valence-corrected chi connectivity index (χ0v) is 17.9. The molecule has 1 atom stereocenters. The number of methoxy groups -OCH3 is 1. The van der Waals surface area contributed by atoms with Crippen molar-refractivity contribution in [3.05, 3.63) is 24.3 Å². The third-order valence-electron chi connectivity index (χ3n) is 5.74. The van der Waals surface area contributed by atoms with Crippen LogP contribution >= 0.6 is 0 Å². The lowest BCUT2D eigenvalue weighted by Gasteiger charge is -2.38. The Labute approximate surface area is 170 Å². The van der Waals surface area contributed by atoms with Crippen molar-refractivity contribution >= 4 is 11.6 Å². The van der Waals surface area contributed by atoms with E-state index in [1.165, 1.54) is 38.2 Å². The molecule has 2 saturated heterocycles. The normalized spacial score (nSPS) is 21.2. The lowest BCUT2D eigenvalue weighted by atomic mass is 10.1. The molecule has 2 fully saturated rings. The second-order valence-corrected chi connectivity index (χ2v) is 7.83. The second kappa shape index (κ2) is 10.6. The molecule has 0 aromatic heterocycles. The summed E-state index contributed by atoms with van der Waals surface area (Å²) in [5.41, 5.74) is 1.24. The van der Waals surface area contributed by atoms with Crippen LogP contribution in [0.25, 0.3) is 0 Å². The Morgan fingerprint density at radius 2 is 2.00 bits per heavy atom. The van der Waals surface area contributed by atoms with Gasteiger partial charge in [-0.15, -0.1) is 0 Å². The standard InChI is InChI=1S/C22H37N5O/c1-4-10-25-11-9-19(18-25)17-24-22(23-5-2)27-14-12-26(13-15-27)20-7-6-8-21(16-20)28-3/h6-8,16,19H,4-5,9-15,17-18H2,1-3H3,(H,23,24). The van der Waals surface area contributed by atoms with Gasteiger partial charge in [-0.2, -0.15) is 0 Å². The molecule has 3 rings (SSSR count). The minimum atomic E-state index is 0.707. The molecule has 0 saturated carbocycles. The van der Waals surface area contributed by atoms with E-state index in [2.05, 4.69) is 52.1 Å². The largest absolute Gasteiger partial charge is 0.497 e. The fourth-order valence-corrected chi connectivity index (χ4v) is 4.21. The van der Waals surface area contributed by atoms with E-state index in [0.717, 1.165) is 51.0 Å². The Morgan fingerprint density at radius 3 is 2.71 bits per heavy atom. The molecule has 2 aliphatic rings. The summed E-state index contributed by atoms with van der Waals surface area (Å²) in [7, 11) is 1.72. The van der Waals surface area contributed by atoms with E-state index in [-0.39, 0.29) is 0 Å². The first kappa shape index (κ1) is 20.8. The number of nitrogens with zero attached hydrogens (tertiary/aromatic N) is 4. The zero-order valence-electron chi connectivity index (χ0n) is 17.9. The number of likely N-dealkylation sites (tertiary alicyclic amines) is 1. The topological polar surface area (TPSA) is 43.3 Å². The van der Waals surface area contributed by atoms with Crippen LogP contribution in [0.5, 0.6) is 5.75 Å². The van der Waals surface area contributed by atoms with E-state index in [4.69, 9.17) is 9.73 Å². The number of aliphatic imine (C=N–C) groups is 1. The van der Waals surface area contributed by atoms with Crippen molar-refractivity contribution in [3.8, 4) is 5.75 Å². The molecule has 0 bridgehead atoms. The highest BCUT2D eigenvalue weighted by Crippen LogP contribution is 2.22. The van der Waals surface area contributed by atoms with Crippen LogP contribution in [-0.2, 0) is 0 Å². The summed E-state index contributed by atoms with van der Waals surface area (Å²) in [5, 5.41) is 3.51. The van der Waals surface area contributed by atoms with Crippen LogP contribution in [0, 0.1) is 5.92 Å². The van der Waals surface area contributed by atoms with Gasteiger partial charge in [-0.3, -0.25) is 4.99 Å². The molecule has 1 unspecified atom stereocenters. The number of hydrogen-bond acceptors (Lipinski definition) is 4. The Morgan fingerprint density at radius 1 is 1.18 bits per heavy atom. The van der Waals surface area contributed by atoms with Crippen LogP contribution in [0.1, 0.15) is 26.7 Å². The molecule has 6 heteroatoms. The van der Waals surface area contributed by atoms with Crippen molar-refractivity contribution in [3.63, 3.8) is 0 Å². The SMILES string of the molecule is CCCN1CCC(CN=C(NCC)N2CCN(c3cccc(OC)c3)CC2)C1. The van der Waals surface area contributed by atoms with Crippen molar-refractivity contribution in [1.82, 2.24) is 15.1 Å². The predicted octanol–water partition coefficient (Wildman–Crippen LogP) is 2.51. The minimum Gasteiger partial charge on any atom is -0.497 e. The number of hydrogen-bond donors (Lipinski definition) is 1. The van der Waals surface area contributed by atoms with E-state index in [9.17, 15) is 0 Å². The summed E-state index contributed by atoms with van der Waals surface area (Å²) in [4.78, 5) is 12.4. The van der Waals surface area contributed by atoms with Gasteiger partial charge in [0.15, 0.2) is 5.96 Å². The second-order valence-electron chi connectivity index (χ2n) is 7.83. The van der Waals surface area contributed by atoms with Gasteiger partial charge in [-0.05, 0) is 50.9 Å². The van der Waals surface area contributed by atoms with Gasteiger partial charge in [0, 0.05) is 57.6 Å². The predicted molar refractivity (Wildman–Crippen MR) is 118 cm³/mol. The summed E-state index contributed by atoms with van der Waals surface area (Å²) in [6.07, 6.45) is 2.53. The number of piperazine rings is 1. The van der Waals surface area contributed by atoms with E-state index in [1.807, 2.05) is 6.07 Å². The third-order valence-corrected chi connectivity index (χ3v) is 5.74. The first-order valence-corrected chi connectivity index (χ1v) is 10.9. The number of ether oxygens (including phenoxy) is 1. The molecular formula is C22H37N5O. The molecule has 156 valence electrons. The first-order chi connectivity index (χ1) is 13.7. The van der Waals surface area contributed by atoms with Crippen molar-refractivity contribution in [2.24, 2.45) is 10.9 Å². The summed E-state index contributed by atoms with van der Waals surface area (Å²) in [5.74, 6) is 2.71. The maximum atomic E-state index is 5.37. The molecule has 0 amide bonds. The monoisotopic (exact) mass is 387 g/mol. The van der Waals surface area contributed by atoms with Crippen molar-refractivity contribution in [2.75, 3.05) is 70.9 Å². The van der Waals surface area contributed by atoms with E-state index < -0.39 is 0 Å². The smallest absolute Gasteiger partial charge is 0.194 e. The number of benzene rings is 1. The highest BCUT2D eigenvalue weighted by molar-refractivity contribution is 5.80. The van der Waals surface area contributed by atoms with E-state index >= 15 is 0 Å². The summed E-state index contributed by atoms with van der Waals surface area (Å²) >= 11 is 0. The van der Waals surface area contributed by atoms with Crippen LogP contribution in [0.15, 0.2) is 29.3 Å². The summed E-state index contributed by atoms with van der Waals surface area (Å²) < 4.78 is 5.37. The van der Waals surface area contributed by atoms with Crippen LogP contribution in [0.2, 0.25) is 0 Å². The van der Waals surface area contributed by atoms with Crippen LogP contribution in [-0.4, -0.2) is 81.8 Å². The molecule has 1 aromatic rings. The molecule has 0 radical (unpaired) electrons. The molecule has 1 N–H and O–H groups in total. The molecule has 0 aliphatic carbocycles. The molecule has 2 heterocycles. The summed E-state index contributed by atoms with van der Waals surface area (Å²) in [6.45, 7) is 14.0. The Kier molecular flexibility index (Phi) is 7.83. The minimum absolute atomic E-state index is 0.707. The number of nitrogens with one attached hydrogen (secondary N) is 1. The Hall–Kier alpha value is -1.95. The number of anilines is 1. The lowest BCUT2D eigenvalue weighted by Crippen LogP contribution is -2.52. The fraction of sp³-hybridized carbons (Fsp3) is 0.682. The third kappa shape index (κ3) is 5.53. The average molecular weight is 388 g/mol. The Balaban J connectivity index is 1.53. The van der Waals surface area contributed by atoms with Gasteiger partial charge in [-0.25, -0.2) is 0 Å². The van der Waals surface area contributed by atoms with Crippen LogP contribution in [0.3, 0.4) is 0 Å². The average Bonchev–Trinajstić information content (AvgIpc) is 3.19. The fourth-order valence-electron chi connectivity index (χ4n) is 4.21.